The summed E-state index contributed by atoms with van der Waals surface area (Å²) in [6.07, 6.45) is 0.389. The van der Waals surface area contributed by atoms with Gasteiger partial charge in [0.15, 0.2) is 0 Å². The zero-order chi connectivity index (χ0) is 20.8. The van der Waals surface area contributed by atoms with Gasteiger partial charge in [0.1, 0.15) is 11.5 Å². The number of carboxylic acids is 1. The minimum atomic E-state index is -1.06. The lowest BCUT2D eigenvalue weighted by atomic mass is 10.1. The van der Waals surface area contributed by atoms with Crippen molar-refractivity contribution in [3.05, 3.63) is 62.7 Å². The van der Waals surface area contributed by atoms with Gasteiger partial charge in [-0.2, -0.15) is 0 Å². The Bertz CT molecular complexity index is 925. The third-order valence-electron chi connectivity index (χ3n) is 4.23. The molecule has 28 heavy (non-hydrogen) atoms. The number of aromatic carboxylic acids is 1. The molecule has 0 heterocycles. The average molecular weight is 388 g/mol. The van der Waals surface area contributed by atoms with Gasteiger partial charge in [-0.15, -0.1) is 0 Å². The van der Waals surface area contributed by atoms with Crippen LogP contribution in [0.1, 0.15) is 31.8 Å². The highest BCUT2D eigenvalue weighted by molar-refractivity contribution is 5.95. The molecule has 0 aliphatic carbocycles. The van der Waals surface area contributed by atoms with E-state index >= 15 is 0 Å². The smallest absolute Gasteiger partial charge is 0.335 e. The van der Waals surface area contributed by atoms with Crippen LogP contribution in [0.4, 0.5) is 5.69 Å². The maximum Gasteiger partial charge on any atom is 0.335 e. The van der Waals surface area contributed by atoms with E-state index in [-0.39, 0.29) is 29.1 Å². The predicted molar refractivity (Wildman–Crippen MR) is 100 cm³/mol. The highest BCUT2D eigenvalue weighted by Gasteiger charge is 2.20. The number of methoxy groups -OCH3 is 2. The van der Waals surface area contributed by atoms with Gasteiger partial charge in [-0.3, -0.25) is 14.9 Å². The molecule has 0 saturated carbocycles. The summed E-state index contributed by atoms with van der Waals surface area (Å²) in [6, 6.07) is 7.13. The zero-order valence-corrected chi connectivity index (χ0v) is 15.6. The number of amides is 1. The van der Waals surface area contributed by atoms with Gasteiger partial charge in [-0.25, -0.2) is 4.79 Å². The molecule has 2 aromatic carbocycles. The molecule has 2 aromatic rings. The van der Waals surface area contributed by atoms with Crippen LogP contribution in [0.2, 0.25) is 0 Å². The SMILES string of the molecule is COc1cc(C(=O)O)ccc1CCNC(=O)c1cc(OC)c(C)c([N+](=O)[O-])c1. The van der Waals surface area contributed by atoms with Gasteiger partial charge in [0.25, 0.3) is 11.6 Å². The normalized spacial score (nSPS) is 10.2. The van der Waals surface area contributed by atoms with E-state index in [0.29, 0.717) is 17.7 Å². The van der Waals surface area contributed by atoms with E-state index in [0.717, 1.165) is 5.56 Å². The fourth-order valence-corrected chi connectivity index (χ4v) is 2.70. The van der Waals surface area contributed by atoms with Gasteiger partial charge < -0.3 is 19.9 Å². The van der Waals surface area contributed by atoms with Crippen molar-refractivity contribution >= 4 is 17.6 Å². The van der Waals surface area contributed by atoms with Gasteiger partial charge in [0.05, 0.1) is 30.3 Å². The molecule has 148 valence electrons. The van der Waals surface area contributed by atoms with Gasteiger partial charge >= 0.3 is 5.97 Å². The topological polar surface area (TPSA) is 128 Å². The van der Waals surface area contributed by atoms with E-state index in [1.807, 2.05) is 0 Å². The summed E-state index contributed by atoms with van der Waals surface area (Å²) in [5, 5.41) is 22.9. The first kappa shape index (κ1) is 20.7. The lowest BCUT2D eigenvalue weighted by Crippen LogP contribution is -2.26. The summed E-state index contributed by atoms with van der Waals surface area (Å²) in [5.41, 5.74) is 1.08. The number of nitro groups is 1. The van der Waals surface area contributed by atoms with Crippen molar-refractivity contribution in [1.82, 2.24) is 5.32 Å². The second kappa shape index (κ2) is 8.85. The number of carboxylic acid groups (broad SMARTS) is 1. The van der Waals surface area contributed by atoms with E-state index in [2.05, 4.69) is 5.32 Å². The van der Waals surface area contributed by atoms with Gasteiger partial charge in [0, 0.05) is 18.2 Å². The highest BCUT2D eigenvalue weighted by Crippen LogP contribution is 2.29. The highest BCUT2D eigenvalue weighted by atomic mass is 16.6. The molecule has 0 saturated heterocycles. The molecular formula is C19H20N2O7. The Labute approximate surface area is 161 Å². The fourth-order valence-electron chi connectivity index (χ4n) is 2.70. The van der Waals surface area contributed by atoms with Crippen LogP contribution in [0.15, 0.2) is 30.3 Å². The third-order valence-corrected chi connectivity index (χ3v) is 4.23. The van der Waals surface area contributed by atoms with E-state index < -0.39 is 16.8 Å². The molecule has 0 aliphatic heterocycles. The van der Waals surface area contributed by atoms with Gasteiger partial charge in [-0.05, 0) is 37.1 Å². The van der Waals surface area contributed by atoms with Crippen LogP contribution in [-0.2, 0) is 6.42 Å². The van der Waals surface area contributed by atoms with Gasteiger partial charge in [0.2, 0.25) is 0 Å². The van der Waals surface area contributed by atoms with Crippen LogP contribution in [-0.4, -0.2) is 42.7 Å². The molecule has 1 amide bonds. The van der Waals surface area contributed by atoms with Crippen molar-refractivity contribution in [2.75, 3.05) is 20.8 Å². The molecule has 0 radical (unpaired) electrons. The molecule has 0 spiro atoms. The first-order chi connectivity index (χ1) is 13.3. The Hall–Kier alpha value is -3.62. The second-order valence-electron chi connectivity index (χ2n) is 5.92. The van der Waals surface area contributed by atoms with Gasteiger partial charge in [-0.1, -0.05) is 6.07 Å². The number of nitrogens with zero attached hydrogens (tertiary/aromatic N) is 1. The van der Waals surface area contributed by atoms with E-state index in [1.165, 1.54) is 38.5 Å². The zero-order valence-electron chi connectivity index (χ0n) is 15.6. The number of ether oxygens (including phenoxy) is 2. The van der Waals surface area contributed by atoms with Crippen molar-refractivity contribution in [2.45, 2.75) is 13.3 Å². The van der Waals surface area contributed by atoms with Crippen LogP contribution in [0.5, 0.6) is 11.5 Å². The quantitative estimate of drug-likeness (QED) is 0.525. The first-order valence-electron chi connectivity index (χ1n) is 8.30. The maximum atomic E-state index is 12.4. The summed E-state index contributed by atoms with van der Waals surface area (Å²) >= 11 is 0. The Morgan fingerprint density at radius 3 is 2.32 bits per heavy atom. The number of carbonyl (C=O) groups excluding carboxylic acids is 1. The average Bonchev–Trinajstić information content (AvgIpc) is 2.67. The monoisotopic (exact) mass is 388 g/mol. The van der Waals surface area contributed by atoms with Crippen molar-refractivity contribution in [3.63, 3.8) is 0 Å². The van der Waals surface area contributed by atoms with Crippen LogP contribution >= 0.6 is 0 Å². The lowest BCUT2D eigenvalue weighted by Gasteiger charge is -2.11. The molecule has 2 N–H and O–H groups in total. The Balaban J connectivity index is 2.12. The number of nitrogens with one attached hydrogen (secondary N) is 1. The minimum absolute atomic E-state index is 0.101. The molecule has 0 atom stereocenters. The minimum Gasteiger partial charge on any atom is -0.496 e. The van der Waals surface area contributed by atoms with Crippen molar-refractivity contribution < 1.29 is 29.1 Å². The second-order valence-corrected chi connectivity index (χ2v) is 5.92. The van der Waals surface area contributed by atoms with Crippen LogP contribution in [0.3, 0.4) is 0 Å². The number of hydrogen-bond acceptors (Lipinski definition) is 6. The lowest BCUT2D eigenvalue weighted by molar-refractivity contribution is -0.385. The summed E-state index contributed by atoms with van der Waals surface area (Å²) < 4.78 is 10.3. The van der Waals surface area contributed by atoms with Crippen molar-refractivity contribution in [3.8, 4) is 11.5 Å². The fraction of sp³-hybridized carbons (Fsp3) is 0.263. The van der Waals surface area contributed by atoms with Crippen LogP contribution in [0.25, 0.3) is 0 Å². The maximum absolute atomic E-state index is 12.4. The number of hydrogen-bond donors (Lipinski definition) is 2. The molecule has 0 aliphatic rings. The molecule has 0 bridgehead atoms. The first-order valence-corrected chi connectivity index (χ1v) is 8.30. The molecule has 2 rings (SSSR count). The summed E-state index contributed by atoms with van der Waals surface area (Å²) in [6.45, 7) is 1.78. The van der Waals surface area contributed by atoms with E-state index in [1.54, 1.807) is 13.0 Å². The molecule has 0 aromatic heterocycles. The van der Waals surface area contributed by atoms with E-state index in [4.69, 9.17) is 14.6 Å². The molecule has 9 heteroatoms. The third kappa shape index (κ3) is 4.56. The Morgan fingerprint density at radius 2 is 1.75 bits per heavy atom. The van der Waals surface area contributed by atoms with E-state index in [9.17, 15) is 19.7 Å². The number of nitro benzene ring substituents is 1. The van der Waals surface area contributed by atoms with Crippen LogP contribution in [0, 0.1) is 17.0 Å². The predicted octanol–water partition coefficient (Wildman–Crippen LogP) is 2.59. The molecule has 0 unspecified atom stereocenters. The molecule has 9 nitrogen and oxygen atoms in total. The molecular weight excluding hydrogens is 368 g/mol. The number of benzene rings is 2. The standard InChI is InChI=1S/C19H20N2O7/c1-11-15(21(25)26)8-14(10-16(11)27-2)18(22)20-7-6-12-4-5-13(19(23)24)9-17(12)28-3/h4-5,8-10H,6-7H2,1-3H3,(H,20,22)(H,23,24). The van der Waals surface area contributed by atoms with Crippen molar-refractivity contribution in [2.24, 2.45) is 0 Å². The largest absolute Gasteiger partial charge is 0.496 e. The summed E-state index contributed by atoms with van der Waals surface area (Å²) in [4.78, 5) is 34.0. The Morgan fingerprint density at radius 1 is 1.11 bits per heavy atom. The summed E-state index contributed by atoms with van der Waals surface area (Å²) in [5.74, 6) is -0.886. The van der Waals surface area contributed by atoms with Crippen LogP contribution < -0.4 is 14.8 Å². The number of carbonyl (C=O) groups is 2. The summed E-state index contributed by atoms with van der Waals surface area (Å²) in [7, 11) is 2.81. The van der Waals surface area contributed by atoms with Crippen molar-refractivity contribution in [1.29, 1.82) is 0 Å². The Kier molecular flexibility index (Phi) is 6.54. The molecule has 0 fully saturated rings. The number of rotatable bonds is 8.